The topological polar surface area (TPSA) is 92.4 Å². The van der Waals surface area contributed by atoms with Gasteiger partial charge in [0.15, 0.2) is 0 Å². The first kappa shape index (κ1) is 30.9. The van der Waals surface area contributed by atoms with Crippen LogP contribution in [0.25, 0.3) is 33.3 Å². The standard InChI is InChI=1S/C34H42FN7O3Si/c1-22-33(45-26-6-7-28-32(14-26)41(23(2)38-28)21-43-12-13-46(3,4)5)9-8-29-34(22)39-30(16-36-29)24-15-37-42(17-24)31-10-11-40(18-27(31)35)25-19-44-20-25/h6-9,14-17,25,27,31H,10-13,18-21H2,1-5H3/t27-,31-/m0/s1. The van der Waals surface area contributed by atoms with E-state index in [9.17, 15) is 0 Å². The second kappa shape index (κ2) is 12.5. The van der Waals surface area contributed by atoms with Gasteiger partial charge in [0, 0.05) is 51.2 Å². The van der Waals surface area contributed by atoms with Crippen LogP contribution in [0.4, 0.5) is 4.39 Å². The fourth-order valence-corrected chi connectivity index (χ4v) is 6.94. The Hall–Kier alpha value is -3.71. The molecule has 5 heterocycles. The van der Waals surface area contributed by atoms with Gasteiger partial charge in [0.1, 0.15) is 30.2 Å². The molecule has 0 radical (unpaired) electrons. The van der Waals surface area contributed by atoms with E-state index in [1.54, 1.807) is 17.1 Å². The van der Waals surface area contributed by atoms with E-state index in [4.69, 9.17) is 24.2 Å². The van der Waals surface area contributed by atoms with Crippen molar-refractivity contribution in [3.8, 4) is 22.8 Å². The van der Waals surface area contributed by atoms with Crippen LogP contribution in [0, 0.1) is 13.8 Å². The van der Waals surface area contributed by atoms with Crippen LogP contribution in [0.5, 0.6) is 11.5 Å². The highest BCUT2D eigenvalue weighted by Crippen LogP contribution is 2.33. The Morgan fingerprint density at radius 3 is 2.63 bits per heavy atom. The largest absolute Gasteiger partial charge is 0.457 e. The van der Waals surface area contributed by atoms with Crippen LogP contribution in [0.3, 0.4) is 0 Å². The Kier molecular flexibility index (Phi) is 8.38. The van der Waals surface area contributed by atoms with Crippen molar-refractivity contribution in [1.29, 1.82) is 0 Å². The molecule has 7 rings (SSSR count). The van der Waals surface area contributed by atoms with Gasteiger partial charge in [-0.15, -0.1) is 0 Å². The quantitative estimate of drug-likeness (QED) is 0.125. The molecular formula is C34H42FN7O3Si. The van der Waals surface area contributed by atoms with E-state index in [0.717, 1.165) is 58.2 Å². The Labute approximate surface area is 269 Å². The molecule has 0 saturated carbocycles. The van der Waals surface area contributed by atoms with Crippen LogP contribution in [-0.4, -0.2) is 87.4 Å². The van der Waals surface area contributed by atoms with Gasteiger partial charge < -0.3 is 18.8 Å². The fourth-order valence-electron chi connectivity index (χ4n) is 6.18. The van der Waals surface area contributed by atoms with Crippen LogP contribution in [0.15, 0.2) is 48.9 Å². The van der Waals surface area contributed by atoms with Crippen molar-refractivity contribution in [2.24, 2.45) is 0 Å². The highest BCUT2D eigenvalue weighted by atomic mass is 28.3. The smallest absolute Gasteiger partial charge is 0.135 e. The number of halogens is 1. The molecular weight excluding hydrogens is 602 g/mol. The summed E-state index contributed by atoms with van der Waals surface area (Å²) >= 11 is 0. The van der Waals surface area contributed by atoms with Crippen LogP contribution < -0.4 is 4.74 Å². The van der Waals surface area contributed by atoms with E-state index in [0.29, 0.717) is 56.1 Å². The summed E-state index contributed by atoms with van der Waals surface area (Å²) in [6.07, 6.45) is 5.11. The zero-order valence-electron chi connectivity index (χ0n) is 27.2. The van der Waals surface area contributed by atoms with Crippen molar-refractivity contribution in [3.63, 3.8) is 0 Å². The minimum atomic E-state index is -1.16. The molecule has 5 aromatic rings. The highest BCUT2D eigenvalue weighted by molar-refractivity contribution is 6.76. The molecule has 0 amide bonds. The first-order valence-electron chi connectivity index (χ1n) is 16.1. The van der Waals surface area contributed by atoms with E-state index < -0.39 is 14.2 Å². The lowest BCUT2D eigenvalue weighted by molar-refractivity contribution is -0.0847. The van der Waals surface area contributed by atoms with Crippen molar-refractivity contribution >= 4 is 30.1 Å². The lowest BCUT2D eigenvalue weighted by atomic mass is 10.0. The number of alkyl halides is 1. The number of benzene rings is 2. The monoisotopic (exact) mass is 643 g/mol. The van der Waals surface area contributed by atoms with Crippen molar-refractivity contribution < 1.29 is 18.6 Å². The number of piperidine rings is 1. The van der Waals surface area contributed by atoms with E-state index in [1.807, 2.05) is 50.4 Å². The number of likely N-dealkylation sites (tertiary alicyclic amines) is 1. The third-order valence-corrected chi connectivity index (χ3v) is 10.9. The van der Waals surface area contributed by atoms with Gasteiger partial charge in [0.25, 0.3) is 0 Å². The Morgan fingerprint density at radius 1 is 1.04 bits per heavy atom. The molecule has 0 N–H and O–H groups in total. The maximum atomic E-state index is 15.2. The number of aryl methyl sites for hydroxylation is 2. The first-order chi connectivity index (χ1) is 22.1. The van der Waals surface area contributed by atoms with Crippen molar-refractivity contribution in [2.45, 2.75) is 70.9 Å². The highest BCUT2D eigenvalue weighted by Gasteiger charge is 2.36. The molecule has 2 saturated heterocycles. The van der Waals surface area contributed by atoms with E-state index in [1.165, 1.54) is 0 Å². The van der Waals surface area contributed by atoms with Gasteiger partial charge in [-0.3, -0.25) is 14.6 Å². The summed E-state index contributed by atoms with van der Waals surface area (Å²) in [4.78, 5) is 16.6. The number of hydrogen-bond donors (Lipinski definition) is 0. The van der Waals surface area contributed by atoms with Gasteiger partial charge in [-0.05, 0) is 50.6 Å². The summed E-state index contributed by atoms with van der Waals surface area (Å²) in [5.74, 6) is 2.32. The average molecular weight is 644 g/mol. The number of fused-ring (bicyclic) bond motifs is 2. The molecule has 0 unspecified atom stereocenters. The van der Waals surface area contributed by atoms with Crippen molar-refractivity contribution in [3.05, 3.63) is 60.3 Å². The van der Waals surface area contributed by atoms with Crippen LogP contribution >= 0.6 is 0 Å². The second-order valence-corrected chi connectivity index (χ2v) is 19.4. The average Bonchev–Trinajstić information content (AvgIpc) is 3.60. The predicted molar refractivity (Wildman–Crippen MR) is 179 cm³/mol. The lowest BCUT2D eigenvalue weighted by Crippen LogP contribution is -2.55. The minimum absolute atomic E-state index is 0.296. The normalized spacial score (nSPS) is 19.6. The summed E-state index contributed by atoms with van der Waals surface area (Å²) in [5.41, 5.74) is 5.78. The molecule has 12 heteroatoms. The Balaban J connectivity index is 1.09. The van der Waals surface area contributed by atoms with Crippen molar-refractivity contribution in [1.82, 2.24) is 34.2 Å². The summed E-state index contributed by atoms with van der Waals surface area (Å²) < 4.78 is 36.8. The number of imidazole rings is 1. The lowest BCUT2D eigenvalue weighted by Gasteiger charge is -2.42. The third-order valence-electron chi connectivity index (χ3n) is 9.19. The zero-order valence-corrected chi connectivity index (χ0v) is 28.2. The number of hydrogen-bond acceptors (Lipinski definition) is 8. The maximum Gasteiger partial charge on any atom is 0.135 e. The van der Waals surface area contributed by atoms with Gasteiger partial charge in [0.05, 0.1) is 65.5 Å². The molecule has 3 aromatic heterocycles. The second-order valence-electron chi connectivity index (χ2n) is 13.8. The first-order valence-corrected chi connectivity index (χ1v) is 19.8. The molecule has 2 aliphatic heterocycles. The maximum absolute atomic E-state index is 15.2. The van der Waals surface area contributed by atoms with E-state index >= 15 is 4.39 Å². The molecule has 2 fully saturated rings. The van der Waals surface area contributed by atoms with Gasteiger partial charge >= 0.3 is 0 Å². The molecule has 0 bridgehead atoms. The Morgan fingerprint density at radius 2 is 1.87 bits per heavy atom. The van der Waals surface area contributed by atoms with Crippen LogP contribution in [0.1, 0.15) is 23.9 Å². The molecule has 2 atom stereocenters. The predicted octanol–water partition coefficient (Wildman–Crippen LogP) is 6.55. The number of nitrogens with zero attached hydrogens (tertiary/aromatic N) is 7. The number of aromatic nitrogens is 6. The molecule has 0 aliphatic carbocycles. The Bertz CT molecular complexity index is 1870. The van der Waals surface area contributed by atoms with Crippen molar-refractivity contribution in [2.75, 3.05) is 32.9 Å². The summed E-state index contributed by atoms with van der Waals surface area (Å²) in [5, 5.41) is 4.54. The van der Waals surface area contributed by atoms with Gasteiger partial charge in [-0.25, -0.2) is 14.4 Å². The number of ether oxygens (including phenoxy) is 3. The summed E-state index contributed by atoms with van der Waals surface area (Å²) in [6.45, 7) is 14.9. The number of rotatable bonds is 10. The van der Waals surface area contributed by atoms with E-state index in [-0.39, 0.29) is 6.04 Å². The molecule has 10 nitrogen and oxygen atoms in total. The van der Waals surface area contributed by atoms with E-state index in [2.05, 4.69) is 39.2 Å². The summed E-state index contributed by atoms with van der Waals surface area (Å²) in [6, 6.07) is 11.0. The fraction of sp³-hybridized carbons (Fsp3) is 0.471. The van der Waals surface area contributed by atoms with Gasteiger partial charge in [-0.1, -0.05) is 19.6 Å². The zero-order chi connectivity index (χ0) is 32.0. The van der Waals surface area contributed by atoms with Gasteiger partial charge in [0.2, 0.25) is 0 Å². The summed E-state index contributed by atoms with van der Waals surface area (Å²) in [7, 11) is -1.16. The van der Waals surface area contributed by atoms with Crippen LogP contribution in [0.2, 0.25) is 25.7 Å². The third kappa shape index (κ3) is 6.31. The minimum Gasteiger partial charge on any atom is -0.457 e. The molecule has 2 aliphatic rings. The molecule has 2 aromatic carbocycles. The molecule has 0 spiro atoms. The molecule has 242 valence electrons. The SMILES string of the molecule is Cc1c(Oc2ccc3nc(C)n(COCC[Si](C)(C)C)c3c2)ccc2ncc(-c3cnn([C@H]4CCN(C5COC5)C[C@@H]4F)c3)nc12. The molecule has 46 heavy (non-hydrogen) atoms. The van der Waals surface area contributed by atoms with Crippen LogP contribution in [-0.2, 0) is 16.2 Å². The van der Waals surface area contributed by atoms with Gasteiger partial charge in [-0.2, -0.15) is 5.10 Å².